The van der Waals surface area contributed by atoms with Gasteiger partial charge in [0.05, 0.1) is 18.2 Å². The average molecular weight is 443 g/mol. The van der Waals surface area contributed by atoms with Gasteiger partial charge in [0.25, 0.3) is 5.91 Å². The first-order valence-corrected chi connectivity index (χ1v) is 11.4. The minimum atomic E-state index is -0.122. The van der Waals surface area contributed by atoms with Crippen molar-refractivity contribution >= 4 is 28.6 Å². The van der Waals surface area contributed by atoms with Crippen LogP contribution < -0.4 is 10.1 Å². The zero-order valence-corrected chi connectivity index (χ0v) is 19.3. The zero-order chi connectivity index (χ0) is 22.5. The van der Waals surface area contributed by atoms with E-state index >= 15 is 0 Å². The predicted octanol–water partition coefficient (Wildman–Crippen LogP) is 6.45. The Labute approximate surface area is 193 Å². The molecule has 0 atom stereocenters. The largest absolute Gasteiger partial charge is 0.497 e. The molecule has 0 aliphatic rings. The molecule has 1 amide bonds. The highest BCUT2D eigenvalue weighted by molar-refractivity contribution is 7.99. The zero-order valence-electron chi connectivity index (χ0n) is 18.5. The van der Waals surface area contributed by atoms with Crippen molar-refractivity contribution in [3.05, 3.63) is 95.6 Å². The van der Waals surface area contributed by atoms with E-state index in [2.05, 4.69) is 43.4 Å². The number of benzene rings is 3. The van der Waals surface area contributed by atoms with Crippen LogP contribution in [0, 0.1) is 0 Å². The molecule has 0 aliphatic heterocycles. The second kappa shape index (κ2) is 9.88. The minimum absolute atomic E-state index is 0.122. The lowest BCUT2D eigenvalue weighted by molar-refractivity contribution is 0.0952. The summed E-state index contributed by atoms with van der Waals surface area (Å²) in [5, 5.41) is 4.68. The Morgan fingerprint density at radius 1 is 1.00 bits per heavy atom. The van der Waals surface area contributed by atoms with Gasteiger partial charge in [-0.2, -0.15) is 0 Å². The third kappa shape index (κ3) is 5.11. The second-order valence-corrected chi connectivity index (χ2v) is 8.98. The summed E-state index contributed by atoms with van der Waals surface area (Å²) in [6.45, 7) is 4.79. The summed E-state index contributed by atoms with van der Waals surface area (Å²) in [5.41, 5.74) is 3.72. The molecule has 1 N–H and O–H groups in total. The molecular formula is C27H26N2O2S. The maximum atomic E-state index is 13.1. The molecular weight excluding hydrogens is 416 g/mol. The van der Waals surface area contributed by atoms with Gasteiger partial charge >= 0.3 is 0 Å². The van der Waals surface area contributed by atoms with Crippen molar-refractivity contribution < 1.29 is 9.53 Å². The fourth-order valence-corrected chi connectivity index (χ4v) is 4.33. The van der Waals surface area contributed by atoms with Gasteiger partial charge in [-0.3, -0.25) is 4.79 Å². The predicted molar refractivity (Wildman–Crippen MR) is 131 cm³/mol. The summed E-state index contributed by atoms with van der Waals surface area (Å²) in [4.78, 5) is 19.0. The van der Waals surface area contributed by atoms with Crippen LogP contribution in [0.2, 0.25) is 0 Å². The molecule has 0 radical (unpaired) electrons. The Hall–Kier alpha value is -3.31. The van der Waals surface area contributed by atoms with Crippen LogP contribution in [0.1, 0.15) is 41.3 Å². The fraction of sp³-hybridized carbons (Fsp3) is 0.185. The molecule has 0 unspecified atom stereocenters. The maximum Gasteiger partial charge on any atom is 0.252 e. The van der Waals surface area contributed by atoms with Crippen molar-refractivity contribution in [2.75, 3.05) is 7.11 Å². The monoisotopic (exact) mass is 442 g/mol. The van der Waals surface area contributed by atoms with Crippen molar-refractivity contribution in [2.45, 2.75) is 36.2 Å². The van der Waals surface area contributed by atoms with Crippen LogP contribution in [-0.4, -0.2) is 18.0 Å². The Kier molecular flexibility index (Phi) is 6.76. The van der Waals surface area contributed by atoms with Crippen LogP contribution in [0.15, 0.2) is 88.8 Å². The number of fused-ring (bicyclic) bond motifs is 1. The number of ether oxygens (including phenoxy) is 1. The molecule has 32 heavy (non-hydrogen) atoms. The van der Waals surface area contributed by atoms with E-state index in [-0.39, 0.29) is 5.91 Å². The first-order chi connectivity index (χ1) is 15.5. The van der Waals surface area contributed by atoms with Crippen molar-refractivity contribution in [2.24, 2.45) is 0 Å². The van der Waals surface area contributed by atoms with Crippen molar-refractivity contribution in [3.63, 3.8) is 0 Å². The number of hydrogen-bond donors (Lipinski definition) is 1. The van der Waals surface area contributed by atoms with E-state index in [4.69, 9.17) is 9.72 Å². The quantitative estimate of drug-likeness (QED) is 0.357. The van der Waals surface area contributed by atoms with Crippen LogP contribution in [0.5, 0.6) is 5.75 Å². The third-order valence-electron chi connectivity index (χ3n) is 5.29. The first-order valence-electron chi connectivity index (χ1n) is 10.6. The molecule has 0 spiro atoms. The molecule has 4 aromatic rings. The van der Waals surface area contributed by atoms with E-state index in [0.29, 0.717) is 18.0 Å². The lowest BCUT2D eigenvalue weighted by Gasteiger charge is -2.11. The Morgan fingerprint density at radius 3 is 2.53 bits per heavy atom. The molecule has 0 fully saturated rings. The van der Waals surface area contributed by atoms with Gasteiger partial charge in [-0.05, 0) is 53.4 Å². The lowest BCUT2D eigenvalue weighted by atomic mass is 10.0. The number of nitrogens with one attached hydrogen (secondary N) is 1. The summed E-state index contributed by atoms with van der Waals surface area (Å²) in [6, 6.07) is 25.9. The Morgan fingerprint density at radius 2 is 1.78 bits per heavy atom. The normalized spacial score (nSPS) is 11.0. The van der Waals surface area contributed by atoms with E-state index in [1.54, 1.807) is 18.9 Å². The molecule has 1 aromatic heterocycles. The molecule has 3 aromatic carbocycles. The van der Waals surface area contributed by atoms with Crippen molar-refractivity contribution in [1.29, 1.82) is 0 Å². The van der Waals surface area contributed by atoms with Gasteiger partial charge < -0.3 is 10.1 Å². The number of carbonyl (C=O) groups is 1. The van der Waals surface area contributed by atoms with E-state index in [1.165, 1.54) is 5.56 Å². The van der Waals surface area contributed by atoms with Crippen LogP contribution in [0.25, 0.3) is 10.9 Å². The maximum absolute atomic E-state index is 13.1. The highest BCUT2D eigenvalue weighted by atomic mass is 32.2. The summed E-state index contributed by atoms with van der Waals surface area (Å²) >= 11 is 1.57. The van der Waals surface area contributed by atoms with E-state index in [9.17, 15) is 4.79 Å². The number of para-hydroxylation sites is 1. The van der Waals surface area contributed by atoms with Crippen LogP contribution >= 0.6 is 11.8 Å². The molecule has 4 rings (SSSR count). The van der Waals surface area contributed by atoms with Gasteiger partial charge in [-0.1, -0.05) is 68.1 Å². The number of nitrogens with zero attached hydrogens (tertiary/aromatic N) is 1. The summed E-state index contributed by atoms with van der Waals surface area (Å²) < 4.78 is 5.27. The van der Waals surface area contributed by atoms with Gasteiger partial charge in [-0.15, -0.1) is 0 Å². The van der Waals surface area contributed by atoms with Gasteiger partial charge in [-0.25, -0.2) is 4.98 Å². The van der Waals surface area contributed by atoms with Gasteiger partial charge in [0, 0.05) is 16.8 Å². The smallest absolute Gasteiger partial charge is 0.252 e. The summed E-state index contributed by atoms with van der Waals surface area (Å²) in [7, 11) is 1.64. The summed E-state index contributed by atoms with van der Waals surface area (Å²) in [6.07, 6.45) is 0. The number of hydrogen-bond acceptors (Lipinski definition) is 4. The van der Waals surface area contributed by atoms with Gasteiger partial charge in [0.15, 0.2) is 0 Å². The standard InChI is InChI=1S/C27H26N2O2S/c1-18(2)20-11-13-22(14-12-20)32-26-16-24(23-9-4-5-10-25(23)29-26)27(30)28-17-19-7-6-8-21(15-19)31-3/h4-16,18H,17H2,1-3H3,(H,28,30). The van der Waals surface area contributed by atoms with E-state index in [1.807, 2.05) is 54.6 Å². The van der Waals surface area contributed by atoms with Crippen LogP contribution in [0.3, 0.4) is 0 Å². The summed E-state index contributed by atoms with van der Waals surface area (Å²) in [5.74, 6) is 1.14. The SMILES string of the molecule is COc1cccc(CNC(=O)c2cc(Sc3ccc(C(C)C)cc3)nc3ccccc23)c1. The third-order valence-corrected chi connectivity index (χ3v) is 6.22. The van der Waals surface area contributed by atoms with Crippen molar-refractivity contribution in [1.82, 2.24) is 10.3 Å². The number of carbonyl (C=O) groups excluding carboxylic acids is 1. The number of rotatable bonds is 7. The first kappa shape index (κ1) is 21.9. The van der Waals surface area contributed by atoms with E-state index < -0.39 is 0 Å². The molecule has 0 saturated carbocycles. The Bertz CT molecular complexity index is 1240. The van der Waals surface area contributed by atoms with Gasteiger partial charge in [0.2, 0.25) is 0 Å². The Balaban J connectivity index is 1.59. The molecule has 0 saturated heterocycles. The molecule has 0 aliphatic carbocycles. The minimum Gasteiger partial charge on any atom is -0.497 e. The van der Waals surface area contributed by atoms with Crippen molar-refractivity contribution in [3.8, 4) is 5.75 Å². The highest BCUT2D eigenvalue weighted by Gasteiger charge is 2.14. The molecule has 4 nitrogen and oxygen atoms in total. The topological polar surface area (TPSA) is 51.2 Å². The highest BCUT2D eigenvalue weighted by Crippen LogP contribution is 2.31. The van der Waals surface area contributed by atoms with E-state index in [0.717, 1.165) is 32.1 Å². The number of methoxy groups -OCH3 is 1. The fourth-order valence-electron chi connectivity index (χ4n) is 3.49. The number of amides is 1. The molecule has 1 heterocycles. The van der Waals surface area contributed by atoms with Gasteiger partial charge in [0.1, 0.15) is 10.8 Å². The van der Waals surface area contributed by atoms with Crippen LogP contribution in [0.4, 0.5) is 0 Å². The second-order valence-electron chi connectivity index (χ2n) is 7.89. The molecule has 5 heteroatoms. The lowest BCUT2D eigenvalue weighted by Crippen LogP contribution is -2.23. The molecule has 0 bridgehead atoms. The number of aromatic nitrogens is 1. The number of pyridine rings is 1. The molecule has 162 valence electrons. The van der Waals surface area contributed by atoms with Crippen LogP contribution in [-0.2, 0) is 6.54 Å². The average Bonchev–Trinajstić information content (AvgIpc) is 2.82.